The molecule has 19 heteroatoms. The van der Waals surface area contributed by atoms with Crippen molar-refractivity contribution < 1.29 is 61.2 Å². The molecule has 0 fully saturated rings. The third-order valence-corrected chi connectivity index (χ3v) is 16.2. The maximum Gasteiger partial charge on any atom is 0.294 e. The molecule has 0 spiro atoms. The van der Waals surface area contributed by atoms with Crippen LogP contribution < -0.4 is 9.64 Å². The van der Waals surface area contributed by atoms with Crippen molar-refractivity contribution in [2.24, 2.45) is 5.41 Å². The van der Waals surface area contributed by atoms with Crippen LogP contribution in [-0.2, 0) is 51.3 Å². The zero-order chi connectivity index (χ0) is 50.3. The van der Waals surface area contributed by atoms with Crippen molar-refractivity contribution in [3.8, 4) is 5.75 Å². The molecule has 0 atom stereocenters. The Hall–Kier alpha value is -4.47. The molecule has 0 bridgehead atoms. The number of unbranched alkanes of at least 4 members (excludes halogenated alkanes) is 3. The van der Waals surface area contributed by atoms with Gasteiger partial charge in [-0.05, 0) is 148 Å². The number of rotatable bonds is 18. The monoisotopic (exact) mass is 1020 g/mol. The normalized spacial score (nSPS) is 18.8. The highest BCUT2D eigenvalue weighted by atomic mass is 32.2. The Kier molecular flexibility index (Phi) is 15.3. The third kappa shape index (κ3) is 12.5. The second-order valence-electron chi connectivity index (χ2n) is 19.9. The smallest absolute Gasteiger partial charge is 0.294 e. The summed E-state index contributed by atoms with van der Waals surface area (Å²) in [6.07, 6.45) is 14.1. The van der Waals surface area contributed by atoms with Crippen LogP contribution in [0.4, 0.5) is 11.4 Å². The van der Waals surface area contributed by atoms with Gasteiger partial charge in [-0.3, -0.25) is 18.2 Å². The first kappa shape index (κ1) is 52.9. The minimum atomic E-state index is -4.55. The predicted octanol–water partition coefficient (Wildman–Crippen LogP) is 9.76. The fraction of sp³-hybridized carbons (Fsp3) is 0.449. The summed E-state index contributed by atoms with van der Waals surface area (Å²) in [4.78, 5) is 1.18. The summed E-state index contributed by atoms with van der Waals surface area (Å²) in [6.45, 7) is 15.5. The molecule has 15 nitrogen and oxygen atoms in total. The van der Waals surface area contributed by atoms with Crippen LogP contribution in [0.25, 0.3) is 0 Å². The second kappa shape index (κ2) is 19.7. The zero-order valence-corrected chi connectivity index (χ0v) is 42.8. The molecular weight excluding hydrogens is 953 g/mol. The quantitative estimate of drug-likeness (QED) is 0.0528. The SMILES string of the molecule is CC(C)(C)CCCCC[N+]1=C(/C=C/C2=C(Oc3ccc(S(=O)(=O)O)cc3)C(=C/C=C3/N(CCCCS(=O)(=O)O)c4ccc(S(=O)(=O)O)cc4C3(C)C)/CCC2)C(C)(C)c2cc(S(=O)(=O)O)ccc21. The molecule has 0 radical (unpaired) electrons. The molecule has 68 heavy (non-hydrogen) atoms. The summed E-state index contributed by atoms with van der Waals surface area (Å²) in [5.41, 5.74) is 4.75. The molecule has 6 rings (SSSR count). The van der Waals surface area contributed by atoms with E-state index in [-0.39, 0.29) is 26.5 Å². The summed E-state index contributed by atoms with van der Waals surface area (Å²) in [5, 5.41) is 0. The first-order chi connectivity index (χ1) is 31.4. The van der Waals surface area contributed by atoms with Gasteiger partial charge in [-0.1, -0.05) is 47.1 Å². The van der Waals surface area contributed by atoms with Gasteiger partial charge in [0.2, 0.25) is 5.69 Å². The molecule has 0 unspecified atom stereocenters. The summed E-state index contributed by atoms with van der Waals surface area (Å²) < 4.78 is 144. The molecule has 0 amide bonds. The van der Waals surface area contributed by atoms with Crippen LogP contribution in [-0.4, -0.2) is 81.0 Å². The van der Waals surface area contributed by atoms with E-state index >= 15 is 0 Å². The molecule has 0 aromatic heterocycles. The summed E-state index contributed by atoms with van der Waals surface area (Å²) in [7, 11) is -17.7. The van der Waals surface area contributed by atoms with E-state index in [0.29, 0.717) is 61.5 Å². The standard InChI is InChI=1S/C49H62N2O13S4/c1-47(2,3)28-9-8-10-29-50-42-24-22-38(67(58,59)60)32-40(42)48(4,5)44(50)26-16-34-14-13-15-35(46(34)64-36-18-20-37(21-19-36)66(55,56)57)17-27-45-49(6,7)41-33-39(68(61,62)63)23-25-43(41)51(45)30-11-12-31-65(52,53)54/h16-27,32-33H,8-15,28-31H2,1-7H3,(H3-,52,53,54,55,56,57,58,59,60,61,62,63)/p+1. The van der Waals surface area contributed by atoms with E-state index in [1.807, 2.05) is 56.9 Å². The Morgan fingerprint density at radius 1 is 0.676 bits per heavy atom. The van der Waals surface area contributed by atoms with Crippen LogP contribution in [0.2, 0.25) is 0 Å². The molecule has 3 aliphatic rings. The van der Waals surface area contributed by atoms with E-state index < -0.39 is 57.1 Å². The average Bonchev–Trinajstić information content (AvgIpc) is 3.56. The van der Waals surface area contributed by atoms with E-state index in [9.17, 15) is 51.9 Å². The van der Waals surface area contributed by atoms with Crippen LogP contribution in [0.5, 0.6) is 5.75 Å². The Bertz CT molecular complexity index is 3070. The number of ether oxygens (including phenoxy) is 1. The summed E-state index contributed by atoms with van der Waals surface area (Å²) in [5.74, 6) is 0.348. The highest BCUT2D eigenvalue weighted by molar-refractivity contribution is 7.86. The lowest BCUT2D eigenvalue weighted by atomic mass is 9.81. The highest BCUT2D eigenvalue weighted by Gasteiger charge is 2.45. The van der Waals surface area contributed by atoms with Crippen LogP contribution in [0.1, 0.15) is 117 Å². The molecule has 0 saturated heterocycles. The van der Waals surface area contributed by atoms with Gasteiger partial charge < -0.3 is 9.64 Å². The largest absolute Gasteiger partial charge is 0.457 e. The van der Waals surface area contributed by atoms with E-state index in [2.05, 4.69) is 25.3 Å². The van der Waals surface area contributed by atoms with Crippen molar-refractivity contribution in [3.63, 3.8) is 0 Å². The van der Waals surface area contributed by atoms with Crippen molar-refractivity contribution in [2.75, 3.05) is 23.7 Å². The maximum absolute atomic E-state index is 12.3. The number of allylic oxidation sites excluding steroid dienone is 7. The first-order valence-corrected chi connectivity index (χ1v) is 28.5. The van der Waals surface area contributed by atoms with Gasteiger partial charge >= 0.3 is 0 Å². The van der Waals surface area contributed by atoms with Gasteiger partial charge in [0.25, 0.3) is 40.5 Å². The van der Waals surface area contributed by atoms with Crippen LogP contribution in [0, 0.1) is 5.41 Å². The van der Waals surface area contributed by atoms with Crippen LogP contribution in [0.3, 0.4) is 0 Å². The molecule has 3 aromatic rings. The lowest BCUT2D eigenvalue weighted by Crippen LogP contribution is -2.28. The molecule has 4 N–H and O–H groups in total. The summed E-state index contributed by atoms with van der Waals surface area (Å²) in [6, 6.07) is 14.4. The van der Waals surface area contributed by atoms with Gasteiger partial charge in [0.15, 0.2) is 5.71 Å². The van der Waals surface area contributed by atoms with Crippen LogP contribution in [0.15, 0.2) is 122 Å². The molecular formula is C49H63N2O13S4+. The predicted molar refractivity (Wildman–Crippen MR) is 262 cm³/mol. The molecule has 2 heterocycles. The summed E-state index contributed by atoms with van der Waals surface area (Å²) >= 11 is 0. The van der Waals surface area contributed by atoms with Crippen LogP contribution >= 0.6 is 0 Å². The van der Waals surface area contributed by atoms with Crippen molar-refractivity contribution in [3.05, 3.63) is 119 Å². The van der Waals surface area contributed by atoms with E-state index in [1.54, 1.807) is 12.1 Å². The number of hydrogen-bond acceptors (Lipinski definition) is 10. The topological polar surface area (TPSA) is 233 Å². The number of benzene rings is 3. The maximum atomic E-state index is 12.3. The fourth-order valence-corrected chi connectivity index (χ4v) is 11.3. The van der Waals surface area contributed by atoms with Crippen molar-refractivity contribution in [2.45, 2.75) is 132 Å². The van der Waals surface area contributed by atoms with Gasteiger partial charge in [0, 0.05) is 47.5 Å². The fourth-order valence-electron chi connectivity index (χ4n) is 9.28. The number of anilines is 1. The van der Waals surface area contributed by atoms with E-state index in [0.717, 1.165) is 59.5 Å². The second-order valence-corrected chi connectivity index (χ2v) is 25.8. The van der Waals surface area contributed by atoms with Crippen molar-refractivity contribution >= 4 is 57.6 Å². The van der Waals surface area contributed by atoms with Gasteiger partial charge in [-0.15, -0.1) is 0 Å². The highest BCUT2D eigenvalue weighted by Crippen LogP contribution is 2.49. The lowest BCUT2D eigenvalue weighted by Gasteiger charge is -2.27. The Morgan fingerprint density at radius 3 is 1.88 bits per heavy atom. The minimum Gasteiger partial charge on any atom is -0.457 e. The van der Waals surface area contributed by atoms with E-state index in [4.69, 9.17) is 4.74 Å². The molecule has 0 saturated carbocycles. The van der Waals surface area contributed by atoms with Gasteiger partial charge in [-0.25, -0.2) is 0 Å². The Morgan fingerprint density at radius 2 is 1.28 bits per heavy atom. The Balaban J connectivity index is 1.47. The van der Waals surface area contributed by atoms with E-state index in [1.165, 1.54) is 48.5 Å². The lowest BCUT2D eigenvalue weighted by molar-refractivity contribution is -0.438. The number of nitrogens with zero attached hydrogens (tertiary/aromatic N) is 2. The number of hydrogen-bond donors (Lipinski definition) is 4. The molecule has 2 aliphatic heterocycles. The van der Waals surface area contributed by atoms with Gasteiger partial charge in [0.1, 0.15) is 18.1 Å². The third-order valence-electron chi connectivity index (χ3n) is 12.9. The van der Waals surface area contributed by atoms with Gasteiger partial charge in [0.05, 0.1) is 25.9 Å². The number of fused-ring (bicyclic) bond motifs is 2. The molecule has 1 aliphatic carbocycles. The van der Waals surface area contributed by atoms with Crippen molar-refractivity contribution in [1.82, 2.24) is 0 Å². The van der Waals surface area contributed by atoms with Crippen molar-refractivity contribution in [1.29, 1.82) is 0 Å². The average molecular weight is 1020 g/mol. The Labute approximate surface area is 402 Å². The first-order valence-electron chi connectivity index (χ1n) is 22.6. The molecule has 3 aromatic carbocycles. The van der Waals surface area contributed by atoms with Gasteiger partial charge in [-0.2, -0.15) is 38.2 Å². The minimum absolute atomic E-state index is 0.159. The zero-order valence-electron chi connectivity index (χ0n) is 39.6. The molecule has 370 valence electrons.